The average molecular weight is 322 g/mol. The fraction of sp³-hybridized carbons (Fsp3) is 0.647. The highest BCUT2D eigenvalue weighted by atomic mass is 16.6. The Bertz CT molecular complexity index is 594. The van der Waals surface area contributed by atoms with Crippen LogP contribution in [-0.2, 0) is 23.8 Å². The Kier molecular flexibility index (Phi) is 3.84. The standard InChI is InChI=1S/C17H22O6/c1-8-5-11(21-10(3)18)7-17(4)15(23-17)14(19)13-9(2)16(20)22-12(13)6-8/h5,11-15,19H,2,6-7H2,1,3-4H3/b8-5+/t11-,12+,13-,14+,15+,17-/m1/s1. The van der Waals surface area contributed by atoms with Crippen molar-refractivity contribution in [3.05, 3.63) is 23.8 Å². The number of epoxide rings is 1. The monoisotopic (exact) mass is 322 g/mol. The van der Waals surface area contributed by atoms with Crippen molar-refractivity contribution in [1.82, 2.24) is 0 Å². The molecule has 0 radical (unpaired) electrons. The van der Waals surface area contributed by atoms with Crippen LogP contribution in [0.1, 0.15) is 33.6 Å². The number of esters is 2. The van der Waals surface area contributed by atoms with Crippen LogP contribution >= 0.6 is 0 Å². The third kappa shape index (κ3) is 2.93. The van der Waals surface area contributed by atoms with E-state index in [1.807, 2.05) is 19.9 Å². The molecule has 3 aliphatic rings. The van der Waals surface area contributed by atoms with Crippen molar-refractivity contribution in [2.24, 2.45) is 5.92 Å². The molecule has 126 valence electrons. The first-order chi connectivity index (χ1) is 10.7. The molecule has 2 heterocycles. The lowest BCUT2D eigenvalue weighted by Crippen LogP contribution is -2.38. The van der Waals surface area contributed by atoms with Crippen LogP contribution in [0.15, 0.2) is 23.8 Å². The molecule has 2 aliphatic heterocycles. The molecule has 0 amide bonds. The molecule has 6 heteroatoms. The first kappa shape index (κ1) is 16.2. The quantitative estimate of drug-likeness (QED) is 0.339. The van der Waals surface area contributed by atoms with Gasteiger partial charge in [-0.15, -0.1) is 0 Å². The van der Waals surface area contributed by atoms with Gasteiger partial charge in [0, 0.05) is 25.3 Å². The van der Waals surface area contributed by atoms with Gasteiger partial charge >= 0.3 is 11.9 Å². The largest absolute Gasteiger partial charge is 0.458 e. The van der Waals surface area contributed by atoms with E-state index < -0.39 is 41.9 Å². The maximum Gasteiger partial charge on any atom is 0.334 e. The van der Waals surface area contributed by atoms with Gasteiger partial charge in [-0.3, -0.25) is 4.79 Å². The Hall–Kier alpha value is -1.66. The van der Waals surface area contributed by atoms with Gasteiger partial charge in [0.15, 0.2) is 0 Å². The van der Waals surface area contributed by atoms with Gasteiger partial charge in [-0.1, -0.05) is 12.2 Å². The Labute approximate surface area is 135 Å². The van der Waals surface area contributed by atoms with Crippen LogP contribution in [-0.4, -0.2) is 47.1 Å². The molecule has 23 heavy (non-hydrogen) atoms. The predicted molar refractivity (Wildman–Crippen MR) is 80.3 cm³/mol. The number of aliphatic hydroxyl groups excluding tert-OH is 1. The molecule has 0 bridgehead atoms. The summed E-state index contributed by atoms with van der Waals surface area (Å²) in [6.07, 6.45) is 0.615. The average Bonchev–Trinajstić information content (AvgIpc) is 2.99. The topological polar surface area (TPSA) is 85.4 Å². The molecule has 0 saturated carbocycles. The van der Waals surface area contributed by atoms with Crippen molar-refractivity contribution < 1.29 is 28.9 Å². The molecule has 0 spiro atoms. The predicted octanol–water partition coefficient (Wildman–Crippen LogP) is 1.27. The normalized spacial score (nSPS) is 45.2. The summed E-state index contributed by atoms with van der Waals surface area (Å²) in [5, 5.41) is 10.7. The van der Waals surface area contributed by atoms with Gasteiger partial charge in [0.1, 0.15) is 18.3 Å². The van der Waals surface area contributed by atoms with Crippen molar-refractivity contribution in [3.63, 3.8) is 0 Å². The lowest BCUT2D eigenvalue weighted by molar-refractivity contribution is -0.144. The van der Waals surface area contributed by atoms with Gasteiger partial charge < -0.3 is 19.3 Å². The lowest BCUT2D eigenvalue weighted by Gasteiger charge is -2.26. The SMILES string of the molecule is C=C1C(=O)O[C@H]2C/C(C)=C/[C@@H](OC(C)=O)C[C@@]3(C)O[C@H]3[C@@H](O)[C@H]12. The Morgan fingerprint density at radius 3 is 2.87 bits per heavy atom. The summed E-state index contributed by atoms with van der Waals surface area (Å²) >= 11 is 0. The summed E-state index contributed by atoms with van der Waals surface area (Å²) in [6.45, 7) is 8.90. The van der Waals surface area contributed by atoms with Crippen molar-refractivity contribution in [2.45, 2.75) is 63.6 Å². The molecule has 0 aromatic carbocycles. The van der Waals surface area contributed by atoms with Crippen LogP contribution in [0.3, 0.4) is 0 Å². The van der Waals surface area contributed by atoms with Gasteiger partial charge in [0.25, 0.3) is 0 Å². The molecule has 2 fully saturated rings. The van der Waals surface area contributed by atoms with Crippen LogP contribution in [0.2, 0.25) is 0 Å². The van der Waals surface area contributed by atoms with Crippen molar-refractivity contribution in [3.8, 4) is 0 Å². The first-order valence-corrected chi connectivity index (χ1v) is 7.81. The second-order valence-electron chi connectivity index (χ2n) is 6.91. The highest BCUT2D eigenvalue weighted by Gasteiger charge is 2.61. The summed E-state index contributed by atoms with van der Waals surface area (Å²) in [7, 11) is 0. The van der Waals surface area contributed by atoms with Crippen LogP contribution in [0, 0.1) is 5.92 Å². The van der Waals surface area contributed by atoms with Gasteiger partial charge in [-0.25, -0.2) is 4.79 Å². The molecular formula is C17H22O6. The molecule has 0 aromatic heterocycles. The van der Waals surface area contributed by atoms with Crippen LogP contribution in [0.25, 0.3) is 0 Å². The maximum atomic E-state index is 11.8. The second kappa shape index (κ2) is 5.46. The van der Waals surface area contributed by atoms with Gasteiger partial charge in [0.2, 0.25) is 0 Å². The number of rotatable bonds is 1. The number of hydrogen-bond acceptors (Lipinski definition) is 6. The molecule has 6 atom stereocenters. The minimum absolute atomic E-state index is 0.297. The third-order valence-electron chi connectivity index (χ3n) is 4.86. The van der Waals surface area contributed by atoms with Gasteiger partial charge in [-0.05, 0) is 19.9 Å². The molecule has 0 aromatic rings. The van der Waals surface area contributed by atoms with Gasteiger partial charge in [-0.2, -0.15) is 0 Å². The summed E-state index contributed by atoms with van der Waals surface area (Å²) in [5.74, 6) is -1.30. The molecular weight excluding hydrogens is 300 g/mol. The zero-order chi connectivity index (χ0) is 16.9. The number of carbonyl (C=O) groups is 2. The van der Waals surface area contributed by atoms with E-state index in [9.17, 15) is 14.7 Å². The minimum atomic E-state index is -0.868. The lowest BCUT2D eigenvalue weighted by atomic mass is 9.81. The first-order valence-electron chi connectivity index (χ1n) is 7.81. The third-order valence-corrected chi connectivity index (χ3v) is 4.86. The number of hydrogen-bond donors (Lipinski definition) is 1. The number of aliphatic hydroxyl groups is 1. The highest BCUT2D eigenvalue weighted by Crippen LogP contribution is 2.48. The van der Waals surface area contributed by atoms with E-state index in [1.165, 1.54) is 6.92 Å². The Balaban J connectivity index is 1.92. The maximum absolute atomic E-state index is 11.8. The molecule has 1 aliphatic carbocycles. The summed E-state index contributed by atoms with van der Waals surface area (Å²) in [5.41, 5.74) is 0.637. The Morgan fingerprint density at radius 2 is 2.22 bits per heavy atom. The van der Waals surface area contributed by atoms with Gasteiger partial charge in [0.05, 0.1) is 17.6 Å². The number of fused-ring (bicyclic) bond motifs is 2. The zero-order valence-corrected chi connectivity index (χ0v) is 13.6. The molecule has 3 rings (SSSR count). The van der Waals surface area contributed by atoms with E-state index in [1.54, 1.807) is 0 Å². The summed E-state index contributed by atoms with van der Waals surface area (Å²) in [4.78, 5) is 23.1. The van der Waals surface area contributed by atoms with E-state index in [-0.39, 0.29) is 5.97 Å². The van der Waals surface area contributed by atoms with Crippen molar-refractivity contribution >= 4 is 11.9 Å². The van der Waals surface area contributed by atoms with Crippen LogP contribution < -0.4 is 0 Å². The second-order valence-corrected chi connectivity index (χ2v) is 6.91. The van der Waals surface area contributed by atoms with Crippen molar-refractivity contribution in [1.29, 1.82) is 0 Å². The van der Waals surface area contributed by atoms with E-state index >= 15 is 0 Å². The zero-order valence-electron chi connectivity index (χ0n) is 13.6. The van der Waals surface area contributed by atoms with Crippen LogP contribution in [0.4, 0.5) is 0 Å². The Morgan fingerprint density at radius 1 is 1.52 bits per heavy atom. The molecule has 0 unspecified atom stereocenters. The smallest absolute Gasteiger partial charge is 0.334 e. The molecule has 2 saturated heterocycles. The van der Waals surface area contributed by atoms with Crippen molar-refractivity contribution in [2.75, 3.05) is 0 Å². The molecule has 1 N–H and O–H groups in total. The fourth-order valence-corrected chi connectivity index (χ4v) is 3.73. The summed E-state index contributed by atoms with van der Waals surface area (Å²) in [6, 6.07) is 0. The number of ether oxygens (including phenoxy) is 3. The van der Waals surface area contributed by atoms with E-state index in [0.29, 0.717) is 18.4 Å². The highest BCUT2D eigenvalue weighted by molar-refractivity contribution is 5.91. The summed E-state index contributed by atoms with van der Waals surface area (Å²) < 4.78 is 16.4. The minimum Gasteiger partial charge on any atom is -0.458 e. The number of carbonyl (C=O) groups excluding carboxylic acids is 2. The van der Waals surface area contributed by atoms with E-state index in [0.717, 1.165) is 5.57 Å². The van der Waals surface area contributed by atoms with E-state index in [2.05, 4.69) is 6.58 Å². The fourth-order valence-electron chi connectivity index (χ4n) is 3.73. The van der Waals surface area contributed by atoms with E-state index in [4.69, 9.17) is 14.2 Å². The van der Waals surface area contributed by atoms with Crippen LogP contribution in [0.5, 0.6) is 0 Å². The molecule has 6 nitrogen and oxygen atoms in total.